The summed E-state index contributed by atoms with van der Waals surface area (Å²) in [5.74, 6) is 0. The minimum absolute atomic E-state index is 1.09. The molecule has 1 aromatic heterocycles. The molecule has 60 valence electrons. The molecule has 0 saturated heterocycles. The standard InChI is InChI=1S/C10H15N/c1-4-9-6-8(3)11-7-10(9)5-2/h6-7H,4-5H2,1-3H3. The summed E-state index contributed by atoms with van der Waals surface area (Å²) < 4.78 is 0. The Bertz CT molecular complexity index is 241. The Hall–Kier alpha value is -0.850. The maximum absolute atomic E-state index is 4.26. The molecule has 1 heterocycles. The van der Waals surface area contributed by atoms with Crippen LogP contribution >= 0.6 is 0 Å². The van der Waals surface area contributed by atoms with Crippen LogP contribution in [0.25, 0.3) is 0 Å². The van der Waals surface area contributed by atoms with Crippen molar-refractivity contribution in [2.75, 3.05) is 0 Å². The van der Waals surface area contributed by atoms with Gasteiger partial charge in [0.1, 0.15) is 0 Å². The Morgan fingerprint density at radius 3 is 2.36 bits per heavy atom. The Kier molecular flexibility index (Phi) is 2.64. The zero-order chi connectivity index (χ0) is 8.27. The third-order valence-corrected chi connectivity index (χ3v) is 1.98. The summed E-state index contributed by atoms with van der Waals surface area (Å²) >= 11 is 0. The number of hydrogen-bond acceptors (Lipinski definition) is 1. The molecular formula is C10H15N. The summed E-state index contributed by atoms with van der Waals surface area (Å²) in [6, 6.07) is 2.18. The SMILES string of the molecule is CCc1cnc(C)cc1CC. The van der Waals surface area contributed by atoms with Crippen LogP contribution in [0.4, 0.5) is 0 Å². The average Bonchev–Trinajstić information content (AvgIpc) is 2.04. The summed E-state index contributed by atoms with van der Waals surface area (Å²) in [6.45, 7) is 6.40. The van der Waals surface area contributed by atoms with Crippen molar-refractivity contribution in [1.82, 2.24) is 4.98 Å². The van der Waals surface area contributed by atoms with Crippen molar-refractivity contribution in [3.05, 3.63) is 29.1 Å². The van der Waals surface area contributed by atoms with Crippen molar-refractivity contribution in [2.45, 2.75) is 33.6 Å². The van der Waals surface area contributed by atoms with E-state index in [1.807, 2.05) is 13.1 Å². The molecule has 0 radical (unpaired) electrons. The number of pyridine rings is 1. The normalized spacial score (nSPS) is 10.1. The predicted molar refractivity (Wildman–Crippen MR) is 47.7 cm³/mol. The number of rotatable bonds is 2. The fourth-order valence-electron chi connectivity index (χ4n) is 1.29. The molecule has 0 aliphatic carbocycles. The van der Waals surface area contributed by atoms with E-state index in [-0.39, 0.29) is 0 Å². The van der Waals surface area contributed by atoms with Gasteiger partial charge in [0.25, 0.3) is 0 Å². The molecule has 0 N–H and O–H groups in total. The highest BCUT2D eigenvalue weighted by Gasteiger charge is 1.98. The van der Waals surface area contributed by atoms with Gasteiger partial charge in [-0.15, -0.1) is 0 Å². The van der Waals surface area contributed by atoms with E-state index in [0.717, 1.165) is 18.5 Å². The third-order valence-electron chi connectivity index (χ3n) is 1.98. The molecule has 0 saturated carbocycles. The topological polar surface area (TPSA) is 12.9 Å². The summed E-state index contributed by atoms with van der Waals surface area (Å²) in [6.07, 6.45) is 4.21. The van der Waals surface area contributed by atoms with Gasteiger partial charge in [-0.05, 0) is 37.0 Å². The number of hydrogen-bond donors (Lipinski definition) is 0. The second-order valence-electron chi connectivity index (χ2n) is 2.80. The molecule has 0 spiro atoms. The minimum atomic E-state index is 1.09. The van der Waals surface area contributed by atoms with E-state index in [9.17, 15) is 0 Å². The smallest absolute Gasteiger partial charge is 0.0375 e. The van der Waals surface area contributed by atoms with Gasteiger partial charge in [0.05, 0.1) is 0 Å². The molecule has 1 rings (SSSR count). The van der Waals surface area contributed by atoms with Gasteiger partial charge in [0, 0.05) is 11.9 Å². The van der Waals surface area contributed by atoms with Gasteiger partial charge in [-0.2, -0.15) is 0 Å². The van der Waals surface area contributed by atoms with Gasteiger partial charge in [-0.3, -0.25) is 4.98 Å². The lowest BCUT2D eigenvalue weighted by molar-refractivity contribution is 0.995. The van der Waals surface area contributed by atoms with Crippen LogP contribution in [0.2, 0.25) is 0 Å². The first-order chi connectivity index (χ1) is 5.27. The average molecular weight is 149 g/mol. The van der Waals surface area contributed by atoms with E-state index in [0.29, 0.717) is 0 Å². The third kappa shape index (κ3) is 1.79. The van der Waals surface area contributed by atoms with Crippen LogP contribution in [0.1, 0.15) is 30.7 Å². The van der Waals surface area contributed by atoms with Gasteiger partial charge in [-0.25, -0.2) is 0 Å². The Morgan fingerprint density at radius 1 is 1.18 bits per heavy atom. The molecule has 0 unspecified atom stereocenters. The van der Waals surface area contributed by atoms with E-state index < -0.39 is 0 Å². The van der Waals surface area contributed by atoms with E-state index in [2.05, 4.69) is 24.9 Å². The second-order valence-corrected chi connectivity index (χ2v) is 2.80. The zero-order valence-corrected chi connectivity index (χ0v) is 7.52. The van der Waals surface area contributed by atoms with E-state index in [4.69, 9.17) is 0 Å². The van der Waals surface area contributed by atoms with Crippen molar-refractivity contribution in [2.24, 2.45) is 0 Å². The highest BCUT2D eigenvalue weighted by atomic mass is 14.7. The Morgan fingerprint density at radius 2 is 1.82 bits per heavy atom. The van der Waals surface area contributed by atoms with Gasteiger partial charge in [0.2, 0.25) is 0 Å². The lowest BCUT2D eigenvalue weighted by Crippen LogP contribution is -1.93. The van der Waals surface area contributed by atoms with Crippen LogP contribution in [0.15, 0.2) is 12.3 Å². The van der Waals surface area contributed by atoms with E-state index >= 15 is 0 Å². The first-order valence-electron chi connectivity index (χ1n) is 4.22. The van der Waals surface area contributed by atoms with Crippen LogP contribution in [0.5, 0.6) is 0 Å². The van der Waals surface area contributed by atoms with Crippen LogP contribution in [-0.4, -0.2) is 4.98 Å². The van der Waals surface area contributed by atoms with Crippen molar-refractivity contribution >= 4 is 0 Å². The quantitative estimate of drug-likeness (QED) is 0.629. The maximum Gasteiger partial charge on any atom is 0.0375 e. The highest BCUT2D eigenvalue weighted by molar-refractivity contribution is 5.26. The molecule has 0 atom stereocenters. The first-order valence-corrected chi connectivity index (χ1v) is 4.22. The molecule has 0 amide bonds. The largest absolute Gasteiger partial charge is 0.261 e. The zero-order valence-electron chi connectivity index (χ0n) is 7.52. The lowest BCUT2D eigenvalue weighted by Gasteiger charge is -2.04. The number of aryl methyl sites for hydroxylation is 3. The molecule has 0 aliphatic heterocycles. The number of aromatic nitrogens is 1. The lowest BCUT2D eigenvalue weighted by atomic mass is 10.1. The fourth-order valence-corrected chi connectivity index (χ4v) is 1.29. The molecule has 0 aliphatic rings. The molecule has 1 aromatic rings. The fraction of sp³-hybridized carbons (Fsp3) is 0.500. The summed E-state index contributed by atoms with van der Waals surface area (Å²) in [5.41, 5.74) is 3.96. The van der Waals surface area contributed by atoms with Gasteiger partial charge in [-0.1, -0.05) is 13.8 Å². The van der Waals surface area contributed by atoms with Gasteiger partial charge >= 0.3 is 0 Å². The van der Waals surface area contributed by atoms with E-state index in [1.54, 1.807) is 0 Å². The first kappa shape index (κ1) is 8.25. The van der Waals surface area contributed by atoms with Crippen molar-refractivity contribution in [1.29, 1.82) is 0 Å². The number of nitrogens with zero attached hydrogens (tertiary/aromatic N) is 1. The van der Waals surface area contributed by atoms with Crippen LogP contribution in [-0.2, 0) is 12.8 Å². The van der Waals surface area contributed by atoms with Crippen LogP contribution < -0.4 is 0 Å². The monoisotopic (exact) mass is 149 g/mol. The van der Waals surface area contributed by atoms with Crippen molar-refractivity contribution in [3.63, 3.8) is 0 Å². The van der Waals surface area contributed by atoms with Gasteiger partial charge in [0.15, 0.2) is 0 Å². The second kappa shape index (κ2) is 3.51. The molecule has 0 bridgehead atoms. The maximum atomic E-state index is 4.26. The van der Waals surface area contributed by atoms with E-state index in [1.165, 1.54) is 11.1 Å². The molecule has 1 nitrogen and oxygen atoms in total. The van der Waals surface area contributed by atoms with Crippen LogP contribution in [0.3, 0.4) is 0 Å². The summed E-state index contributed by atoms with van der Waals surface area (Å²) in [7, 11) is 0. The summed E-state index contributed by atoms with van der Waals surface area (Å²) in [5, 5.41) is 0. The molecule has 0 fully saturated rings. The Labute approximate surface area is 68.5 Å². The van der Waals surface area contributed by atoms with Crippen molar-refractivity contribution in [3.8, 4) is 0 Å². The predicted octanol–water partition coefficient (Wildman–Crippen LogP) is 2.51. The molecular weight excluding hydrogens is 134 g/mol. The van der Waals surface area contributed by atoms with Crippen molar-refractivity contribution < 1.29 is 0 Å². The molecule has 11 heavy (non-hydrogen) atoms. The Balaban J connectivity index is 3.06. The highest BCUT2D eigenvalue weighted by Crippen LogP contribution is 2.10. The summed E-state index contributed by atoms with van der Waals surface area (Å²) in [4.78, 5) is 4.26. The van der Waals surface area contributed by atoms with Gasteiger partial charge < -0.3 is 0 Å². The van der Waals surface area contributed by atoms with Crippen LogP contribution in [0, 0.1) is 6.92 Å². The molecule has 1 heteroatoms. The minimum Gasteiger partial charge on any atom is -0.261 e. The molecule has 0 aromatic carbocycles.